The zero-order valence-electron chi connectivity index (χ0n) is 12.5. The minimum atomic E-state index is 0.0798. The third-order valence-electron chi connectivity index (χ3n) is 2.68. The lowest BCUT2D eigenvalue weighted by Gasteiger charge is -2.25. The first kappa shape index (κ1) is 15.4. The maximum Gasteiger partial charge on any atom is 0.185 e. The summed E-state index contributed by atoms with van der Waals surface area (Å²) in [5, 5.41) is 1.13. The lowest BCUT2D eigenvalue weighted by molar-refractivity contribution is 0.551. The normalized spacial score (nSPS) is 13.4. The van der Waals surface area contributed by atoms with Gasteiger partial charge in [-0.05, 0) is 25.7 Å². The monoisotopic (exact) mass is 269 g/mol. The molecule has 0 amide bonds. The molecule has 0 saturated carbocycles. The number of hydrogen-bond donors (Lipinski definition) is 1. The largest absolute Gasteiger partial charge is 0.348 e. The fourth-order valence-electron chi connectivity index (χ4n) is 2.06. The number of aromatic nitrogens is 1. The summed E-state index contributed by atoms with van der Waals surface area (Å²) in [4.78, 5) is 8.32. The molecular weight excluding hydrogens is 242 g/mol. The quantitative estimate of drug-likeness (QED) is 0.858. The Morgan fingerprint density at radius 3 is 1.94 bits per heavy atom. The molecule has 1 rings (SSSR count). The SMILES string of the molecule is Cc1nc(N(CC(C)C)CC(C)C)sc1C(C)N. The molecule has 3 nitrogen and oxygen atoms in total. The second kappa shape index (κ2) is 6.53. The van der Waals surface area contributed by atoms with Crippen molar-refractivity contribution >= 4 is 16.5 Å². The molecule has 1 heterocycles. The predicted molar refractivity (Wildman–Crippen MR) is 81.3 cm³/mol. The number of aryl methyl sites for hydroxylation is 1. The molecular formula is C14H27N3S. The predicted octanol–water partition coefficient (Wildman–Crippen LogP) is 3.59. The lowest BCUT2D eigenvalue weighted by Crippen LogP contribution is -2.31. The van der Waals surface area contributed by atoms with Crippen molar-refractivity contribution < 1.29 is 0 Å². The van der Waals surface area contributed by atoms with E-state index in [1.807, 2.05) is 6.92 Å². The molecule has 0 aliphatic rings. The van der Waals surface area contributed by atoms with E-state index in [1.165, 1.54) is 4.88 Å². The molecule has 2 N–H and O–H groups in total. The van der Waals surface area contributed by atoms with Crippen molar-refractivity contribution in [1.29, 1.82) is 0 Å². The molecule has 0 radical (unpaired) electrons. The van der Waals surface area contributed by atoms with Crippen LogP contribution in [0, 0.1) is 18.8 Å². The van der Waals surface area contributed by atoms with Crippen molar-refractivity contribution in [3.63, 3.8) is 0 Å². The van der Waals surface area contributed by atoms with Crippen LogP contribution in [0.4, 0.5) is 5.13 Å². The first-order valence-electron chi connectivity index (χ1n) is 6.79. The van der Waals surface area contributed by atoms with Gasteiger partial charge in [-0.1, -0.05) is 27.7 Å². The second-order valence-electron chi connectivity index (χ2n) is 5.93. The number of anilines is 1. The van der Waals surface area contributed by atoms with Gasteiger partial charge in [-0.2, -0.15) is 0 Å². The van der Waals surface area contributed by atoms with Crippen LogP contribution < -0.4 is 10.6 Å². The van der Waals surface area contributed by atoms with Crippen LogP contribution in [-0.2, 0) is 0 Å². The topological polar surface area (TPSA) is 42.2 Å². The minimum absolute atomic E-state index is 0.0798. The molecule has 0 spiro atoms. The highest BCUT2D eigenvalue weighted by atomic mass is 32.1. The van der Waals surface area contributed by atoms with Crippen LogP contribution in [0.3, 0.4) is 0 Å². The summed E-state index contributed by atoms with van der Waals surface area (Å²) in [5.41, 5.74) is 7.07. The van der Waals surface area contributed by atoms with E-state index < -0.39 is 0 Å². The van der Waals surface area contributed by atoms with Crippen molar-refractivity contribution in [1.82, 2.24) is 4.98 Å². The number of nitrogens with two attached hydrogens (primary N) is 1. The van der Waals surface area contributed by atoms with Gasteiger partial charge in [0.15, 0.2) is 5.13 Å². The fourth-order valence-corrected chi connectivity index (χ4v) is 3.10. The van der Waals surface area contributed by atoms with Crippen LogP contribution in [0.2, 0.25) is 0 Å². The first-order chi connectivity index (χ1) is 8.31. The molecule has 0 saturated heterocycles. The Labute approximate surface area is 115 Å². The standard InChI is InChI=1S/C14H27N3S/c1-9(2)7-17(8-10(3)4)14-16-12(6)13(18-14)11(5)15/h9-11H,7-8,15H2,1-6H3. The van der Waals surface area contributed by atoms with E-state index in [0.717, 1.165) is 23.9 Å². The van der Waals surface area contributed by atoms with Gasteiger partial charge in [0.1, 0.15) is 0 Å². The summed E-state index contributed by atoms with van der Waals surface area (Å²) >= 11 is 1.75. The number of hydrogen-bond acceptors (Lipinski definition) is 4. The van der Waals surface area contributed by atoms with Gasteiger partial charge in [0, 0.05) is 24.0 Å². The van der Waals surface area contributed by atoms with Crippen molar-refractivity contribution in [3.05, 3.63) is 10.6 Å². The molecule has 1 unspecified atom stereocenters. The number of nitrogens with zero attached hydrogens (tertiary/aromatic N) is 2. The average Bonchev–Trinajstić information content (AvgIpc) is 2.57. The Kier molecular flexibility index (Phi) is 5.60. The fraction of sp³-hybridized carbons (Fsp3) is 0.786. The van der Waals surface area contributed by atoms with Crippen molar-refractivity contribution in [2.24, 2.45) is 17.6 Å². The van der Waals surface area contributed by atoms with Crippen molar-refractivity contribution in [2.45, 2.75) is 47.6 Å². The number of rotatable bonds is 6. The molecule has 0 fully saturated rings. The van der Waals surface area contributed by atoms with E-state index in [-0.39, 0.29) is 6.04 Å². The Morgan fingerprint density at radius 2 is 1.61 bits per heavy atom. The Bertz CT molecular complexity index is 359. The summed E-state index contributed by atoms with van der Waals surface area (Å²) in [7, 11) is 0. The van der Waals surface area contributed by atoms with Crippen molar-refractivity contribution in [3.8, 4) is 0 Å². The first-order valence-corrected chi connectivity index (χ1v) is 7.60. The van der Waals surface area contributed by atoms with Gasteiger partial charge in [-0.15, -0.1) is 11.3 Å². The van der Waals surface area contributed by atoms with E-state index in [9.17, 15) is 0 Å². The van der Waals surface area contributed by atoms with E-state index in [1.54, 1.807) is 11.3 Å². The van der Waals surface area contributed by atoms with Gasteiger partial charge in [0.25, 0.3) is 0 Å². The summed E-state index contributed by atoms with van der Waals surface area (Å²) in [6.45, 7) is 15.2. The van der Waals surface area contributed by atoms with Gasteiger partial charge in [-0.25, -0.2) is 4.98 Å². The van der Waals surface area contributed by atoms with Crippen LogP contribution in [0.1, 0.15) is 51.2 Å². The Balaban J connectivity index is 2.94. The maximum absolute atomic E-state index is 5.98. The molecule has 1 aromatic rings. The molecule has 4 heteroatoms. The zero-order valence-corrected chi connectivity index (χ0v) is 13.3. The maximum atomic E-state index is 5.98. The molecule has 0 bridgehead atoms. The van der Waals surface area contributed by atoms with Crippen LogP contribution in [0.15, 0.2) is 0 Å². The molecule has 1 atom stereocenters. The highest BCUT2D eigenvalue weighted by Crippen LogP contribution is 2.30. The van der Waals surface area contributed by atoms with Gasteiger partial charge < -0.3 is 10.6 Å². The molecule has 0 aliphatic heterocycles. The van der Waals surface area contributed by atoms with E-state index in [2.05, 4.69) is 39.5 Å². The Hall–Kier alpha value is -0.610. The smallest absolute Gasteiger partial charge is 0.185 e. The lowest BCUT2D eigenvalue weighted by atomic mass is 10.1. The van der Waals surface area contributed by atoms with Gasteiger partial charge in [0.2, 0.25) is 0 Å². The van der Waals surface area contributed by atoms with Gasteiger partial charge in [0.05, 0.1) is 5.69 Å². The van der Waals surface area contributed by atoms with Gasteiger partial charge >= 0.3 is 0 Å². The molecule has 0 aliphatic carbocycles. The highest BCUT2D eigenvalue weighted by molar-refractivity contribution is 7.15. The van der Waals surface area contributed by atoms with E-state index in [4.69, 9.17) is 10.7 Å². The summed E-state index contributed by atoms with van der Waals surface area (Å²) < 4.78 is 0. The molecule has 1 aromatic heterocycles. The molecule has 0 aromatic carbocycles. The number of thiazole rings is 1. The molecule has 18 heavy (non-hydrogen) atoms. The average molecular weight is 269 g/mol. The van der Waals surface area contributed by atoms with E-state index >= 15 is 0 Å². The van der Waals surface area contributed by atoms with Gasteiger partial charge in [-0.3, -0.25) is 0 Å². The van der Waals surface area contributed by atoms with Crippen molar-refractivity contribution in [2.75, 3.05) is 18.0 Å². The summed E-state index contributed by atoms with van der Waals surface area (Å²) in [5.74, 6) is 1.29. The van der Waals surface area contributed by atoms with E-state index in [0.29, 0.717) is 11.8 Å². The van der Waals surface area contributed by atoms with Crippen LogP contribution in [-0.4, -0.2) is 18.1 Å². The Morgan fingerprint density at radius 1 is 1.11 bits per heavy atom. The summed E-state index contributed by atoms with van der Waals surface area (Å²) in [6.07, 6.45) is 0. The van der Waals surface area contributed by atoms with Crippen LogP contribution in [0.5, 0.6) is 0 Å². The highest BCUT2D eigenvalue weighted by Gasteiger charge is 2.17. The zero-order chi connectivity index (χ0) is 13.9. The van der Waals surface area contributed by atoms with Crippen LogP contribution >= 0.6 is 11.3 Å². The second-order valence-corrected chi connectivity index (χ2v) is 6.94. The van der Waals surface area contributed by atoms with Crippen LogP contribution in [0.25, 0.3) is 0 Å². The third-order valence-corrected chi connectivity index (χ3v) is 4.10. The molecule has 104 valence electrons. The minimum Gasteiger partial charge on any atom is -0.348 e. The third kappa shape index (κ3) is 4.25. The summed E-state index contributed by atoms with van der Waals surface area (Å²) in [6, 6.07) is 0.0798.